The van der Waals surface area contributed by atoms with E-state index in [4.69, 9.17) is 5.73 Å². The minimum absolute atomic E-state index is 0.0377. The lowest BCUT2D eigenvalue weighted by Crippen LogP contribution is -2.47. The van der Waals surface area contributed by atoms with Crippen LogP contribution in [0.15, 0.2) is 72.8 Å². The van der Waals surface area contributed by atoms with Crippen LogP contribution in [-0.4, -0.2) is 87.8 Å². The van der Waals surface area contributed by atoms with Crippen molar-refractivity contribution in [2.45, 2.75) is 38.5 Å². The minimum atomic E-state index is -0.554. The van der Waals surface area contributed by atoms with E-state index in [2.05, 4.69) is 44.0 Å². The number of ketones is 1. The van der Waals surface area contributed by atoms with Gasteiger partial charge in [0.15, 0.2) is 0 Å². The quantitative estimate of drug-likeness (QED) is 0.216. The normalized spacial score (nSPS) is 19.1. The van der Waals surface area contributed by atoms with E-state index in [1.54, 1.807) is 12.1 Å². The smallest absolute Gasteiger partial charge is 0.253 e. The molecular formula is C37H44N8O3. The van der Waals surface area contributed by atoms with Gasteiger partial charge in [0.25, 0.3) is 5.91 Å². The fourth-order valence-electron chi connectivity index (χ4n) is 6.80. The van der Waals surface area contributed by atoms with Crippen LogP contribution in [0.4, 0.5) is 5.69 Å². The first kappa shape index (κ1) is 33.2. The summed E-state index contributed by atoms with van der Waals surface area (Å²) >= 11 is 0. The van der Waals surface area contributed by atoms with Crippen molar-refractivity contribution in [2.24, 2.45) is 23.5 Å². The molecule has 250 valence electrons. The number of likely N-dealkylation sites (N-methyl/N-ethyl adjacent to an activating group) is 1. The second-order valence-corrected chi connectivity index (χ2v) is 13.2. The molecule has 2 fully saturated rings. The van der Waals surface area contributed by atoms with Crippen molar-refractivity contribution in [3.63, 3.8) is 0 Å². The van der Waals surface area contributed by atoms with Crippen molar-refractivity contribution in [3.8, 4) is 22.5 Å². The third-order valence-electron chi connectivity index (χ3n) is 9.85. The topological polar surface area (TPSA) is 150 Å². The van der Waals surface area contributed by atoms with Gasteiger partial charge in [-0.2, -0.15) is 5.21 Å². The van der Waals surface area contributed by atoms with E-state index in [1.165, 1.54) is 0 Å². The lowest BCUT2D eigenvalue weighted by atomic mass is 9.77. The number of hydrogen-bond acceptors (Lipinski definition) is 8. The van der Waals surface area contributed by atoms with Crippen LogP contribution in [-0.2, 0) is 16.0 Å². The van der Waals surface area contributed by atoms with Gasteiger partial charge in [-0.25, -0.2) is 0 Å². The number of aromatic nitrogens is 4. The number of rotatable bonds is 11. The molecule has 48 heavy (non-hydrogen) atoms. The average molecular weight is 649 g/mol. The van der Waals surface area contributed by atoms with Gasteiger partial charge in [-0.3, -0.25) is 14.4 Å². The van der Waals surface area contributed by atoms with Crippen molar-refractivity contribution in [3.05, 3.63) is 83.9 Å². The maximum Gasteiger partial charge on any atom is 0.253 e. The summed E-state index contributed by atoms with van der Waals surface area (Å²) in [5.41, 5.74) is 10.8. The summed E-state index contributed by atoms with van der Waals surface area (Å²) < 4.78 is 0. The molecule has 1 saturated heterocycles. The van der Waals surface area contributed by atoms with Gasteiger partial charge >= 0.3 is 0 Å². The van der Waals surface area contributed by atoms with Crippen molar-refractivity contribution in [2.75, 3.05) is 45.1 Å². The maximum atomic E-state index is 13.8. The Balaban J connectivity index is 1.19. The SMILES string of the molecule is CN1CCN(C(=O)c2cccc(-c3cccc(C[C@H](CC(=O)C4CCC(CN)CC4)C(=O)Nc4ccc(-c5nn[nH]n5)cc4)c3)c2)CC1. The average Bonchev–Trinajstić information content (AvgIpc) is 3.67. The van der Waals surface area contributed by atoms with E-state index < -0.39 is 5.92 Å². The highest BCUT2D eigenvalue weighted by Crippen LogP contribution is 2.31. The second-order valence-electron chi connectivity index (χ2n) is 13.2. The maximum absolute atomic E-state index is 13.8. The Morgan fingerprint density at radius 2 is 1.60 bits per heavy atom. The second kappa shape index (κ2) is 15.4. The highest BCUT2D eigenvalue weighted by Gasteiger charge is 2.30. The largest absolute Gasteiger partial charge is 0.336 e. The minimum Gasteiger partial charge on any atom is -0.336 e. The Kier molecular flexibility index (Phi) is 10.7. The fraction of sp³-hybridized carbons (Fsp3) is 0.405. The molecule has 0 bridgehead atoms. The zero-order valence-electron chi connectivity index (χ0n) is 27.5. The van der Waals surface area contributed by atoms with Crippen molar-refractivity contribution in [1.82, 2.24) is 30.4 Å². The summed E-state index contributed by atoms with van der Waals surface area (Å²) in [7, 11) is 2.07. The molecule has 6 rings (SSSR count). The van der Waals surface area contributed by atoms with Crippen LogP contribution < -0.4 is 11.1 Å². The lowest BCUT2D eigenvalue weighted by Gasteiger charge is -2.32. The highest BCUT2D eigenvalue weighted by atomic mass is 16.2. The number of hydrogen-bond donors (Lipinski definition) is 3. The summed E-state index contributed by atoms with van der Waals surface area (Å²) in [6, 6.07) is 23.0. The third-order valence-corrected chi connectivity index (χ3v) is 9.85. The molecule has 1 saturated carbocycles. The monoisotopic (exact) mass is 648 g/mol. The van der Waals surface area contributed by atoms with Crippen molar-refractivity contribution < 1.29 is 14.4 Å². The molecular weight excluding hydrogens is 604 g/mol. The first-order valence-corrected chi connectivity index (χ1v) is 16.9. The van der Waals surface area contributed by atoms with Crippen LogP contribution in [0.3, 0.4) is 0 Å². The van der Waals surface area contributed by atoms with Crippen LogP contribution in [0.2, 0.25) is 0 Å². The van der Waals surface area contributed by atoms with Crippen LogP contribution in [0, 0.1) is 17.8 Å². The molecule has 0 spiro atoms. The number of benzene rings is 3. The predicted molar refractivity (Wildman–Crippen MR) is 185 cm³/mol. The summed E-state index contributed by atoms with van der Waals surface area (Å²) in [6.07, 6.45) is 4.13. The van der Waals surface area contributed by atoms with Gasteiger partial charge in [0.05, 0.1) is 0 Å². The molecule has 0 unspecified atom stereocenters. The van der Waals surface area contributed by atoms with Gasteiger partial charge in [0.1, 0.15) is 5.78 Å². The zero-order chi connectivity index (χ0) is 33.5. The first-order valence-electron chi connectivity index (χ1n) is 16.9. The number of nitrogens with two attached hydrogens (primary N) is 1. The number of nitrogens with zero attached hydrogens (tertiary/aromatic N) is 5. The molecule has 1 aliphatic heterocycles. The number of carbonyl (C=O) groups is 3. The molecule has 4 N–H and O–H groups in total. The van der Waals surface area contributed by atoms with E-state index >= 15 is 0 Å². The van der Waals surface area contributed by atoms with Gasteiger partial charge in [-0.05, 0) is 110 Å². The van der Waals surface area contributed by atoms with Crippen molar-refractivity contribution in [1.29, 1.82) is 0 Å². The fourth-order valence-corrected chi connectivity index (χ4v) is 6.80. The van der Waals surface area contributed by atoms with Gasteiger partial charge in [-0.1, -0.05) is 36.4 Å². The summed E-state index contributed by atoms with van der Waals surface area (Å²) in [5, 5.41) is 17.1. The van der Waals surface area contributed by atoms with Crippen LogP contribution in [0.5, 0.6) is 0 Å². The molecule has 2 aliphatic rings. The Morgan fingerprint density at radius 1 is 0.896 bits per heavy atom. The van der Waals surface area contributed by atoms with Gasteiger partial charge < -0.3 is 20.9 Å². The van der Waals surface area contributed by atoms with Crippen molar-refractivity contribution >= 4 is 23.3 Å². The lowest BCUT2D eigenvalue weighted by molar-refractivity contribution is -0.129. The molecule has 11 nitrogen and oxygen atoms in total. The zero-order valence-corrected chi connectivity index (χ0v) is 27.5. The number of tetrazole rings is 1. The van der Waals surface area contributed by atoms with Gasteiger partial charge in [0.2, 0.25) is 11.7 Å². The standard InChI is InChI=1S/C37H44N8O3/c1-44-16-18-45(19-17-44)37(48)31-7-3-6-30(22-31)29-5-2-4-26(20-29)21-32(23-34(46)27-10-8-25(24-38)9-11-27)36(47)39-33-14-12-28(13-15-33)35-40-42-43-41-35/h2-7,12-15,20,22,25,27,32H,8-11,16-19,21,23-24,38H2,1H3,(H,39,47)(H,40,41,42,43)/t25?,27?,32-/m1/s1. The molecule has 2 heterocycles. The summed E-state index contributed by atoms with van der Waals surface area (Å²) in [5.74, 6) is 0.339. The number of aromatic amines is 1. The van der Waals surface area contributed by atoms with E-state index in [-0.39, 0.29) is 29.9 Å². The van der Waals surface area contributed by atoms with Gasteiger partial charge in [-0.15, -0.1) is 10.2 Å². The number of carbonyl (C=O) groups excluding carboxylic acids is 3. The molecule has 11 heteroatoms. The molecule has 4 aromatic rings. The predicted octanol–water partition coefficient (Wildman–Crippen LogP) is 4.44. The van der Waals surface area contributed by atoms with Crippen LogP contribution >= 0.6 is 0 Å². The highest BCUT2D eigenvalue weighted by molar-refractivity contribution is 5.97. The molecule has 1 aliphatic carbocycles. The summed E-state index contributed by atoms with van der Waals surface area (Å²) in [6.45, 7) is 3.82. The van der Waals surface area contributed by atoms with Gasteiger partial charge in [0, 0.05) is 61.2 Å². The third kappa shape index (κ3) is 8.21. The van der Waals surface area contributed by atoms with E-state index in [0.29, 0.717) is 49.0 Å². The van der Waals surface area contributed by atoms with E-state index in [1.807, 2.05) is 59.5 Å². The van der Waals surface area contributed by atoms with E-state index in [0.717, 1.165) is 61.0 Å². The molecule has 0 radical (unpaired) electrons. The first-order chi connectivity index (χ1) is 23.4. The molecule has 3 aromatic carbocycles. The van der Waals surface area contributed by atoms with Crippen LogP contribution in [0.25, 0.3) is 22.5 Å². The number of piperazine rings is 1. The Morgan fingerprint density at radius 3 is 2.29 bits per heavy atom. The molecule has 1 aromatic heterocycles. The number of H-pyrrole nitrogens is 1. The Labute approximate surface area is 281 Å². The number of amides is 2. The Bertz CT molecular complexity index is 1690. The number of Topliss-reactive ketones (excluding diaryl/α,β-unsaturated/α-hetero) is 1. The Hall–Kier alpha value is -4.74. The van der Waals surface area contributed by atoms with E-state index in [9.17, 15) is 14.4 Å². The molecule has 2 amide bonds. The molecule has 1 atom stereocenters. The van der Waals surface area contributed by atoms with Crippen LogP contribution in [0.1, 0.15) is 48.0 Å². The number of anilines is 1. The summed E-state index contributed by atoms with van der Waals surface area (Å²) in [4.78, 5) is 44.9. The number of nitrogens with one attached hydrogen (secondary N) is 2.